The zero-order valence-electron chi connectivity index (χ0n) is 14.5. The maximum Gasteiger partial charge on any atom is 0.143 e. The van der Waals surface area contributed by atoms with Gasteiger partial charge >= 0.3 is 0 Å². The topological polar surface area (TPSA) is 57.0 Å². The third-order valence-corrected chi connectivity index (χ3v) is 5.38. The number of aryl methyl sites for hydroxylation is 1. The Kier molecular flexibility index (Phi) is 8.08. The lowest BCUT2D eigenvalue weighted by Gasteiger charge is -2.17. The summed E-state index contributed by atoms with van der Waals surface area (Å²) in [5, 5.41) is 0. The largest absolute Gasteiger partial charge is 0.456 e. The van der Waals surface area contributed by atoms with Crippen LogP contribution in [0.2, 0.25) is 0 Å². The van der Waals surface area contributed by atoms with Gasteiger partial charge in [-0.1, -0.05) is 22.0 Å². The molecule has 5 nitrogen and oxygen atoms in total. The molecule has 0 aromatic heterocycles. The van der Waals surface area contributed by atoms with Crippen LogP contribution < -0.4 is 10.6 Å². The van der Waals surface area contributed by atoms with Gasteiger partial charge in [0, 0.05) is 21.5 Å². The second-order valence-corrected chi connectivity index (χ2v) is 8.11. The van der Waals surface area contributed by atoms with Crippen LogP contribution in [0.5, 0.6) is 11.5 Å². The van der Waals surface area contributed by atoms with E-state index in [4.69, 9.17) is 15.0 Å². The molecule has 0 heterocycles. The Labute approximate surface area is 165 Å². The van der Waals surface area contributed by atoms with Crippen molar-refractivity contribution in [1.82, 2.24) is 4.90 Å². The van der Waals surface area contributed by atoms with Gasteiger partial charge < -0.3 is 9.64 Å². The molecule has 0 amide bonds. The maximum atomic E-state index is 6.24. The van der Waals surface area contributed by atoms with Crippen molar-refractivity contribution in [2.24, 2.45) is 5.90 Å². The fraction of sp³-hybridized carbons (Fsp3) is 0.294. The van der Waals surface area contributed by atoms with Gasteiger partial charge in [0.1, 0.15) is 11.5 Å². The third kappa shape index (κ3) is 5.89. The molecule has 0 saturated heterocycles. The number of nitrogens with two attached hydrogens (primary N) is 1. The first kappa shape index (κ1) is 20.6. The van der Waals surface area contributed by atoms with E-state index < -0.39 is 0 Å². The normalized spacial score (nSPS) is 11.2. The highest BCUT2D eigenvalue weighted by Crippen LogP contribution is 2.39. The quantitative estimate of drug-likeness (QED) is 0.261. The molecule has 2 rings (SSSR count). The first-order valence-corrected chi connectivity index (χ1v) is 10.2. The van der Waals surface area contributed by atoms with Gasteiger partial charge in [0.2, 0.25) is 0 Å². The SMILES string of the molecule is CSc1cc(SOON)c(Oc2cc(Br)ccc2CN(C)C)cc1C. The van der Waals surface area contributed by atoms with Crippen LogP contribution in [0.1, 0.15) is 11.1 Å². The second-order valence-electron chi connectivity index (χ2n) is 5.61. The average Bonchev–Trinajstić information content (AvgIpc) is 2.56. The first-order chi connectivity index (χ1) is 11.9. The van der Waals surface area contributed by atoms with Crippen molar-refractivity contribution >= 4 is 39.7 Å². The van der Waals surface area contributed by atoms with Crippen molar-refractivity contribution in [3.05, 3.63) is 45.9 Å². The van der Waals surface area contributed by atoms with Crippen LogP contribution >= 0.6 is 39.7 Å². The average molecular weight is 445 g/mol. The van der Waals surface area contributed by atoms with E-state index in [1.165, 1.54) is 0 Å². The van der Waals surface area contributed by atoms with Gasteiger partial charge in [0.15, 0.2) is 0 Å². The van der Waals surface area contributed by atoms with E-state index in [9.17, 15) is 0 Å². The van der Waals surface area contributed by atoms with Crippen molar-refractivity contribution in [3.63, 3.8) is 0 Å². The minimum Gasteiger partial charge on any atom is -0.456 e. The summed E-state index contributed by atoms with van der Waals surface area (Å²) in [6, 6.07) is 10.0. The van der Waals surface area contributed by atoms with Crippen molar-refractivity contribution < 1.29 is 14.1 Å². The van der Waals surface area contributed by atoms with Crippen LogP contribution in [0, 0.1) is 6.92 Å². The Bertz CT molecular complexity index is 729. The molecule has 0 aliphatic carbocycles. The lowest BCUT2D eigenvalue weighted by molar-refractivity contribution is -0.195. The van der Waals surface area contributed by atoms with Crippen molar-refractivity contribution in [1.29, 1.82) is 0 Å². The number of benzene rings is 2. The Morgan fingerprint density at radius 1 is 1.12 bits per heavy atom. The lowest BCUT2D eigenvalue weighted by Crippen LogP contribution is -2.11. The van der Waals surface area contributed by atoms with Crippen molar-refractivity contribution in [2.45, 2.75) is 23.3 Å². The summed E-state index contributed by atoms with van der Waals surface area (Å²) in [5.41, 5.74) is 2.22. The first-order valence-electron chi connectivity index (χ1n) is 7.44. The highest BCUT2D eigenvalue weighted by Gasteiger charge is 2.14. The predicted octanol–water partition coefficient (Wildman–Crippen LogP) is 5.16. The molecule has 0 unspecified atom stereocenters. The molecule has 25 heavy (non-hydrogen) atoms. The van der Waals surface area contributed by atoms with E-state index in [2.05, 4.69) is 38.8 Å². The molecule has 0 radical (unpaired) electrons. The van der Waals surface area contributed by atoms with Gasteiger partial charge in [-0.2, -0.15) is 5.90 Å². The molecule has 0 bridgehead atoms. The zero-order valence-corrected chi connectivity index (χ0v) is 17.8. The molecule has 8 heteroatoms. The van der Waals surface area contributed by atoms with Crippen molar-refractivity contribution in [3.8, 4) is 11.5 Å². The van der Waals surface area contributed by atoms with Crippen LogP contribution in [-0.4, -0.2) is 25.3 Å². The summed E-state index contributed by atoms with van der Waals surface area (Å²) in [6.45, 7) is 2.82. The Balaban J connectivity index is 2.41. The highest BCUT2D eigenvalue weighted by molar-refractivity contribution is 9.10. The monoisotopic (exact) mass is 444 g/mol. The van der Waals surface area contributed by atoms with Gasteiger partial charge in [-0.25, -0.2) is 0 Å². The van der Waals surface area contributed by atoms with Crippen molar-refractivity contribution in [2.75, 3.05) is 20.4 Å². The van der Waals surface area contributed by atoms with Crippen LogP contribution in [0.4, 0.5) is 0 Å². The molecule has 136 valence electrons. The van der Waals surface area contributed by atoms with E-state index >= 15 is 0 Å². The van der Waals surface area contributed by atoms with Gasteiger partial charge in [-0.05, 0) is 57.1 Å². The molecule has 0 atom stereocenters. The smallest absolute Gasteiger partial charge is 0.143 e. The van der Waals surface area contributed by atoms with Crippen LogP contribution in [0.15, 0.2) is 44.6 Å². The fourth-order valence-electron chi connectivity index (χ4n) is 2.28. The Morgan fingerprint density at radius 2 is 1.88 bits per heavy atom. The summed E-state index contributed by atoms with van der Waals surface area (Å²) in [4.78, 5) is 8.26. The minimum atomic E-state index is 0.690. The molecule has 2 aromatic rings. The molecule has 0 fully saturated rings. The van der Waals surface area contributed by atoms with Crippen LogP contribution in [0.3, 0.4) is 0 Å². The molecule has 0 aliphatic rings. The maximum absolute atomic E-state index is 6.24. The van der Waals surface area contributed by atoms with E-state index in [-0.39, 0.29) is 0 Å². The number of ether oxygens (including phenoxy) is 1. The standard InChI is InChI=1S/C17H21BrN2O3S2/c1-11-7-15(17(25-23-22-19)9-16(11)24-4)21-14-8-13(18)6-5-12(14)10-20(2)3/h5-9H,10,19H2,1-4H3. The fourth-order valence-corrected chi connectivity index (χ4v) is 3.77. The number of rotatable bonds is 8. The van der Waals surface area contributed by atoms with E-state index in [1.807, 2.05) is 44.6 Å². The van der Waals surface area contributed by atoms with E-state index in [1.54, 1.807) is 11.8 Å². The summed E-state index contributed by atoms with van der Waals surface area (Å²) in [5.74, 6) is 6.45. The number of hydrogen-bond donors (Lipinski definition) is 1. The second kappa shape index (κ2) is 9.82. The molecule has 0 spiro atoms. The minimum absolute atomic E-state index is 0.690. The predicted molar refractivity (Wildman–Crippen MR) is 107 cm³/mol. The molecule has 0 saturated carbocycles. The van der Waals surface area contributed by atoms with Crippen LogP contribution in [-0.2, 0) is 15.9 Å². The Morgan fingerprint density at radius 3 is 2.52 bits per heavy atom. The van der Waals surface area contributed by atoms with Gasteiger partial charge in [0.05, 0.1) is 16.9 Å². The summed E-state index contributed by atoms with van der Waals surface area (Å²) >= 11 is 6.19. The number of halogens is 1. The van der Waals surface area contributed by atoms with E-state index in [0.717, 1.165) is 49.7 Å². The van der Waals surface area contributed by atoms with Gasteiger partial charge in [0.25, 0.3) is 0 Å². The summed E-state index contributed by atoms with van der Waals surface area (Å²) in [7, 11) is 4.05. The van der Waals surface area contributed by atoms with Gasteiger partial charge in [-0.15, -0.1) is 21.1 Å². The molecule has 2 aromatic carbocycles. The van der Waals surface area contributed by atoms with Crippen LogP contribution in [0.25, 0.3) is 0 Å². The van der Waals surface area contributed by atoms with Gasteiger partial charge in [-0.3, -0.25) is 0 Å². The number of nitrogens with zero attached hydrogens (tertiary/aromatic N) is 1. The lowest BCUT2D eigenvalue weighted by atomic mass is 10.2. The molecule has 2 N–H and O–H groups in total. The third-order valence-electron chi connectivity index (χ3n) is 3.36. The highest BCUT2D eigenvalue weighted by atomic mass is 79.9. The zero-order chi connectivity index (χ0) is 18.4. The Hall–Kier alpha value is -0.740. The van der Waals surface area contributed by atoms with E-state index in [0.29, 0.717) is 5.75 Å². The molecular weight excluding hydrogens is 424 g/mol. The number of hydrogen-bond acceptors (Lipinski definition) is 7. The molecular formula is C17H21BrN2O3S2. The summed E-state index contributed by atoms with van der Waals surface area (Å²) in [6.07, 6.45) is 2.03. The number of thioether (sulfide) groups is 1. The summed E-state index contributed by atoms with van der Waals surface area (Å²) < 4.78 is 12.0. The molecule has 0 aliphatic heterocycles.